The lowest BCUT2D eigenvalue weighted by molar-refractivity contribution is -0.147. The number of imide groups is 1. The second kappa shape index (κ2) is 8.31. The molecule has 2 aromatic rings. The summed E-state index contributed by atoms with van der Waals surface area (Å²) < 4.78 is 53.4. The molecule has 32 heavy (non-hydrogen) atoms. The summed E-state index contributed by atoms with van der Waals surface area (Å²) in [4.78, 5) is 50.1. The fraction of sp³-hybridized carbons (Fsp3) is 0.273. The molecule has 0 radical (unpaired) electrons. The average Bonchev–Trinajstić information content (AvgIpc) is 3.12. The molecule has 0 saturated carbocycles. The molecule has 2 atom stereocenters. The summed E-state index contributed by atoms with van der Waals surface area (Å²) >= 11 is 5.68. The van der Waals surface area contributed by atoms with Crippen LogP contribution in [0.2, 0.25) is 6.43 Å². The van der Waals surface area contributed by atoms with Crippen LogP contribution in [-0.4, -0.2) is 34.6 Å². The highest BCUT2D eigenvalue weighted by Gasteiger charge is 2.41. The Balaban J connectivity index is 1.54. The Bertz CT molecular complexity index is 1260. The summed E-state index contributed by atoms with van der Waals surface area (Å²) in [7, 11) is 0. The molecule has 2 aliphatic rings. The van der Waals surface area contributed by atoms with Gasteiger partial charge in [-0.15, -0.1) is 0 Å². The maximum absolute atomic E-state index is 14.8. The van der Waals surface area contributed by atoms with Gasteiger partial charge in [0.1, 0.15) is 6.04 Å². The van der Waals surface area contributed by atoms with Crippen LogP contribution in [0.15, 0.2) is 42.4 Å². The average molecular weight is 465 g/mol. The van der Waals surface area contributed by atoms with Gasteiger partial charge in [0, 0.05) is 35.6 Å². The van der Waals surface area contributed by atoms with E-state index in [1.165, 1.54) is 23.1 Å². The number of amides is 4. The maximum Gasteiger partial charge on any atom is 0.349 e. The summed E-state index contributed by atoms with van der Waals surface area (Å²) in [6.07, 6.45) is 0.236. The van der Waals surface area contributed by atoms with Crippen LogP contribution in [0.1, 0.15) is 42.6 Å². The molecule has 1 saturated heterocycles. The Morgan fingerprint density at radius 3 is 2.81 bits per heavy atom. The molecule has 2 aromatic carbocycles. The van der Waals surface area contributed by atoms with E-state index < -0.39 is 53.7 Å². The third-order valence-electron chi connectivity index (χ3n) is 5.26. The lowest BCUT2D eigenvalue weighted by Crippen LogP contribution is -2.52. The van der Waals surface area contributed by atoms with Crippen molar-refractivity contribution in [1.29, 1.82) is 0 Å². The van der Waals surface area contributed by atoms with Crippen molar-refractivity contribution < 1.29 is 32.1 Å². The van der Waals surface area contributed by atoms with E-state index in [-0.39, 0.29) is 40.8 Å². The van der Waals surface area contributed by atoms with Gasteiger partial charge in [-0.05, 0) is 35.7 Å². The van der Waals surface area contributed by atoms with Crippen molar-refractivity contribution in [2.24, 2.45) is 0 Å². The van der Waals surface area contributed by atoms with Gasteiger partial charge in [-0.1, -0.05) is 35.8 Å². The third kappa shape index (κ3) is 4.08. The smallest absolute Gasteiger partial charge is 0.346 e. The molecule has 10 heteroatoms. The van der Waals surface area contributed by atoms with Crippen molar-refractivity contribution in [1.82, 2.24) is 15.5 Å². The number of halogens is 3. The van der Waals surface area contributed by atoms with Gasteiger partial charge >= 0.3 is 5.92 Å². The van der Waals surface area contributed by atoms with Gasteiger partial charge in [0.2, 0.25) is 11.8 Å². The van der Waals surface area contributed by atoms with Gasteiger partial charge in [-0.3, -0.25) is 24.5 Å². The molecule has 2 N–H and O–H groups in total. The van der Waals surface area contributed by atoms with Crippen LogP contribution in [-0.2, 0) is 33.4 Å². The lowest BCUT2D eigenvalue weighted by Gasteiger charge is -2.29. The van der Waals surface area contributed by atoms with E-state index in [1.807, 2.05) is 0 Å². The minimum Gasteiger partial charge on any atom is -0.346 e. The zero-order chi connectivity index (χ0) is 25.7. The van der Waals surface area contributed by atoms with Gasteiger partial charge in [0.05, 0.1) is 2.74 Å². The highest BCUT2D eigenvalue weighted by atomic mass is 35.5. The van der Waals surface area contributed by atoms with E-state index in [2.05, 4.69) is 5.32 Å². The molecular weight excluding hydrogens is 444 g/mol. The van der Waals surface area contributed by atoms with Gasteiger partial charge < -0.3 is 10.2 Å². The number of nitrogens with one attached hydrogen (secondary N) is 2. The first-order valence-corrected chi connectivity index (χ1v) is 9.96. The standard InChI is InChI=1S/C22H18ClF2N3O4/c23-15-4-2-14(3-5-15)22(24,25)21(32)26-10-12-1-6-16-13(9-12)11-28(20(16)31)17-7-8-18(29)27-19(17)30/h1-6,9,17H,7-8,10-11H2,(H,26,32)(H,27,29,30)/i2D,10D/hD. The van der Waals surface area contributed by atoms with Crippen LogP contribution in [0.25, 0.3) is 0 Å². The summed E-state index contributed by atoms with van der Waals surface area (Å²) in [5.74, 6) is -7.74. The largest absolute Gasteiger partial charge is 0.349 e. The lowest BCUT2D eigenvalue weighted by atomic mass is 10.0. The van der Waals surface area contributed by atoms with Gasteiger partial charge in [0.25, 0.3) is 11.8 Å². The molecule has 4 amide bonds. The van der Waals surface area contributed by atoms with Crippen molar-refractivity contribution in [2.75, 3.05) is 0 Å². The molecular formula is C22H18ClF2N3O4. The number of hydrogen-bond donors (Lipinski definition) is 2. The molecule has 2 unspecified atom stereocenters. The molecule has 2 aliphatic heterocycles. The van der Waals surface area contributed by atoms with Crippen LogP contribution in [0.4, 0.5) is 8.78 Å². The molecule has 2 heterocycles. The number of alkyl halides is 2. The van der Waals surface area contributed by atoms with E-state index in [4.69, 9.17) is 15.8 Å². The minimum atomic E-state index is -4.25. The molecule has 0 spiro atoms. The first kappa shape index (κ1) is 18.3. The third-order valence-corrected chi connectivity index (χ3v) is 5.50. The number of hydrogen-bond acceptors (Lipinski definition) is 4. The van der Waals surface area contributed by atoms with E-state index in [0.717, 1.165) is 18.2 Å². The number of nitrogens with zero attached hydrogens (tertiary/aromatic N) is 1. The van der Waals surface area contributed by atoms with Crippen LogP contribution in [0.5, 0.6) is 0 Å². The highest BCUT2D eigenvalue weighted by molar-refractivity contribution is 6.30. The Morgan fingerprint density at radius 1 is 1.31 bits per heavy atom. The molecule has 4 rings (SSSR count). The first-order valence-electron chi connectivity index (χ1n) is 11.1. The molecule has 166 valence electrons. The number of benzene rings is 2. The number of carbonyl (C=O) groups excluding carboxylic acids is 4. The van der Waals surface area contributed by atoms with Gasteiger partial charge in [-0.2, -0.15) is 8.78 Å². The topological polar surface area (TPSA) is 95.6 Å². The Hall–Kier alpha value is -3.33. The molecule has 7 nitrogen and oxygen atoms in total. The van der Waals surface area contributed by atoms with Gasteiger partial charge in [0.15, 0.2) is 1.41 Å². The van der Waals surface area contributed by atoms with Crippen molar-refractivity contribution in [3.8, 4) is 0 Å². The van der Waals surface area contributed by atoms with Gasteiger partial charge in [-0.25, -0.2) is 0 Å². The summed E-state index contributed by atoms with van der Waals surface area (Å²) in [6, 6.07) is 5.28. The van der Waals surface area contributed by atoms with Crippen LogP contribution in [0.3, 0.4) is 0 Å². The zero-order valence-corrected chi connectivity index (χ0v) is 17.2. The Labute approximate surface area is 191 Å². The number of fused-ring (bicyclic) bond motifs is 1. The second-order valence-electron chi connectivity index (χ2n) is 7.37. The van der Waals surface area contributed by atoms with E-state index in [9.17, 15) is 28.0 Å². The van der Waals surface area contributed by atoms with E-state index >= 15 is 0 Å². The SMILES string of the molecule is [2H]c1cc(Cl)ccc1C(F)(F)C(=O)N([2H])C([2H])c1ccc2c(c1)CN(C1CCC(=O)NC1=O)C2=O. The predicted octanol–water partition coefficient (Wildman–Crippen LogP) is 2.51. The number of rotatable bonds is 5. The fourth-order valence-corrected chi connectivity index (χ4v) is 3.72. The number of piperidine rings is 1. The molecule has 0 bridgehead atoms. The highest BCUT2D eigenvalue weighted by Crippen LogP contribution is 2.30. The van der Waals surface area contributed by atoms with Crippen LogP contribution >= 0.6 is 11.6 Å². The quantitative estimate of drug-likeness (QED) is 0.665. The number of carbonyl (C=O) groups is 4. The maximum atomic E-state index is 14.8. The van der Waals surface area contributed by atoms with Crippen molar-refractivity contribution >= 4 is 35.2 Å². The van der Waals surface area contributed by atoms with Crippen molar-refractivity contribution in [3.63, 3.8) is 0 Å². The minimum absolute atomic E-state index is 0.00280. The fourth-order valence-electron chi connectivity index (χ4n) is 3.61. The van der Waals surface area contributed by atoms with E-state index in [0.29, 0.717) is 5.56 Å². The molecule has 0 aliphatic carbocycles. The molecule has 1 fully saturated rings. The Morgan fingerprint density at radius 2 is 2.09 bits per heavy atom. The van der Waals surface area contributed by atoms with E-state index in [1.54, 1.807) is 0 Å². The molecule has 0 aromatic heterocycles. The van der Waals surface area contributed by atoms with Crippen LogP contribution in [0, 0.1) is 0 Å². The predicted molar refractivity (Wildman–Crippen MR) is 110 cm³/mol. The van der Waals surface area contributed by atoms with Crippen LogP contribution < -0.4 is 10.6 Å². The Kier molecular flexibility index (Phi) is 4.74. The zero-order valence-electron chi connectivity index (χ0n) is 19.4. The monoisotopic (exact) mass is 464 g/mol. The summed E-state index contributed by atoms with van der Waals surface area (Å²) in [5, 5.41) is 2.02. The van der Waals surface area contributed by atoms with Crippen molar-refractivity contribution in [2.45, 2.75) is 37.9 Å². The first-order chi connectivity index (χ1) is 16.4. The normalized spacial score (nSPS) is 20.7. The summed E-state index contributed by atoms with van der Waals surface area (Å²) in [6.45, 7) is -1.88. The second-order valence-corrected chi connectivity index (χ2v) is 7.81. The summed E-state index contributed by atoms with van der Waals surface area (Å²) in [5.41, 5.74) is -0.314. The van der Waals surface area contributed by atoms with Crippen molar-refractivity contribution in [3.05, 3.63) is 69.7 Å².